The van der Waals surface area contributed by atoms with E-state index in [-0.39, 0.29) is 11.9 Å². The number of hydrogen-bond acceptors (Lipinski definition) is 4. The third-order valence-corrected chi connectivity index (χ3v) is 6.90. The first kappa shape index (κ1) is 21.9. The molecule has 1 aliphatic rings. The number of benzene rings is 2. The molecule has 1 aliphatic heterocycles. The summed E-state index contributed by atoms with van der Waals surface area (Å²) in [7, 11) is 0. The number of nitrogens with zero attached hydrogens (tertiary/aromatic N) is 3. The second kappa shape index (κ2) is 10.4. The molecule has 0 atom stereocenters. The molecule has 4 rings (SSSR count). The van der Waals surface area contributed by atoms with Crippen molar-refractivity contribution in [1.29, 1.82) is 0 Å². The van der Waals surface area contributed by atoms with Crippen molar-refractivity contribution in [2.75, 3.05) is 25.4 Å². The molecule has 1 amide bonds. The molecular weight excluding hydrogens is 428 g/mol. The molecule has 1 fully saturated rings. The summed E-state index contributed by atoms with van der Waals surface area (Å²) < 4.78 is 2.04. The number of likely N-dealkylation sites (tertiary alicyclic amines) is 1. The van der Waals surface area contributed by atoms with Gasteiger partial charge in [-0.15, -0.1) is 0 Å². The zero-order chi connectivity index (χ0) is 21.6. The van der Waals surface area contributed by atoms with Crippen molar-refractivity contribution in [3.05, 3.63) is 65.8 Å². The SMILES string of the molecule is CCN1CCC(NC(=O)CSc2ncc(-c3ccccc3)n2-c2ccccc2Cl)CC1. The van der Waals surface area contributed by atoms with Gasteiger partial charge in [-0.05, 0) is 31.5 Å². The zero-order valence-corrected chi connectivity index (χ0v) is 19.2. The lowest BCUT2D eigenvalue weighted by Crippen LogP contribution is -2.45. The average Bonchev–Trinajstić information content (AvgIpc) is 3.23. The number of hydrogen-bond donors (Lipinski definition) is 1. The maximum Gasteiger partial charge on any atom is 0.230 e. The van der Waals surface area contributed by atoms with Crippen molar-refractivity contribution in [1.82, 2.24) is 19.8 Å². The molecule has 3 aromatic rings. The number of imidazole rings is 1. The van der Waals surface area contributed by atoms with Gasteiger partial charge in [0.2, 0.25) is 5.91 Å². The maximum atomic E-state index is 12.6. The van der Waals surface area contributed by atoms with E-state index < -0.39 is 0 Å². The van der Waals surface area contributed by atoms with Crippen LogP contribution in [0.3, 0.4) is 0 Å². The Morgan fingerprint density at radius 2 is 1.84 bits per heavy atom. The van der Waals surface area contributed by atoms with Crippen LogP contribution in [-0.4, -0.2) is 51.8 Å². The fourth-order valence-corrected chi connectivity index (χ4v) is 4.92. The van der Waals surface area contributed by atoms with Crippen molar-refractivity contribution < 1.29 is 4.79 Å². The molecule has 2 heterocycles. The molecule has 1 aromatic heterocycles. The van der Waals surface area contributed by atoms with Gasteiger partial charge in [-0.3, -0.25) is 9.36 Å². The maximum absolute atomic E-state index is 12.6. The van der Waals surface area contributed by atoms with E-state index in [0.717, 1.165) is 54.6 Å². The van der Waals surface area contributed by atoms with Crippen LogP contribution in [0, 0.1) is 0 Å². The number of piperidine rings is 1. The van der Waals surface area contributed by atoms with Crippen LogP contribution < -0.4 is 5.32 Å². The van der Waals surface area contributed by atoms with Gasteiger partial charge in [0.15, 0.2) is 5.16 Å². The summed E-state index contributed by atoms with van der Waals surface area (Å²) in [5.74, 6) is 0.374. The topological polar surface area (TPSA) is 50.2 Å². The van der Waals surface area contributed by atoms with Crippen molar-refractivity contribution in [3.63, 3.8) is 0 Å². The van der Waals surface area contributed by atoms with E-state index in [1.807, 2.05) is 65.4 Å². The largest absolute Gasteiger partial charge is 0.353 e. The van der Waals surface area contributed by atoms with Crippen LogP contribution >= 0.6 is 23.4 Å². The molecule has 1 N–H and O–H groups in total. The summed E-state index contributed by atoms with van der Waals surface area (Å²) in [6, 6.07) is 18.1. The molecule has 31 heavy (non-hydrogen) atoms. The van der Waals surface area contributed by atoms with Crippen LogP contribution in [0.1, 0.15) is 19.8 Å². The fourth-order valence-electron chi connectivity index (χ4n) is 3.91. The van der Waals surface area contributed by atoms with Gasteiger partial charge >= 0.3 is 0 Å². The van der Waals surface area contributed by atoms with Gasteiger partial charge in [-0.1, -0.05) is 72.8 Å². The van der Waals surface area contributed by atoms with Crippen molar-refractivity contribution >= 4 is 29.3 Å². The predicted molar refractivity (Wildman–Crippen MR) is 128 cm³/mol. The minimum Gasteiger partial charge on any atom is -0.353 e. The number of halogens is 1. The summed E-state index contributed by atoms with van der Waals surface area (Å²) in [6.07, 6.45) is 3.87. The van der Waals surface area contributed by atoms with E-state index >= 15 is 0 Å². The molecule has 0 radical (unpaired) electrons. The third kappa shape index (κ3) is 5.32. The fraction of sp³-hybridized carbons (Fsp3) is 0.333. The van der Waals surface area contributed by atoms with Gasteiger partial charge < -0.3 is 10.2 Å². The van der Waals surface area contributed by atoms with Crippen LogP contribution in [0.4, 0.5) is 0 Å². The Balaban J connectivity index is 1.50. The number of carbonyl (C=O) groups excluding carboxylic acids is 1. The van der Waals surface area contributed by atoms with Gasteiger partial charge in [0, 0.05) is 24.7 Å². The second-order valence-corrected chi connectivity index (χ2v) is 8.99. The molecule has 1 saturated heterocycles. The lowest BCUT2D eigenvalue weighted by Gasteiger charge is -2.31. The van der Waals surface area contributed by atoms with E-state index in [9.17, 15) is 4.79 Å². The first-order valence-electron chi connectivity index (χ1n) is 10.7. The minimum atomic E-state index is 0.0509. The van der Waals surface area contributed by atoms with Gasteiger partial charge in [0.05, 0.1) is 28.4 Å². The molecule has 0 aliphatic carbocycles. The van der Waals surface area contributed by atoms with Crippen LogP contribution in [0.2, 0.25) is 5.02 Å². The summed E-state index contributed by atoms with van der Waals surface area (Å²) in [5, 5.41) is 4.59. The van der Waals surface area contributed by atoms with Gasteiger partial charge in [-0.2, -0.15) is 0 Å². The van der Waals surface area contributed by atoms with E-state index in [2.05, 4.69) is 22.1 Å². The van der Waals surface area contributed by atoms with Crippen LogP contribution in [-0.2, 0) is 4.79 Å². The lowest BCUT2D eigenvalue weighted by molar-refractivity contribution is -0.119. The molecule has 162 valence electrons. The Bertz CT molecular complexity index is 1020. The Hall–Kier alpha value is -2.28. The van der Waals surface area contributed by atoms with Crippen LogP contribution in [0.15, 0.2) is 66.0 Å². The highest BCUT2D eigenvalue weighted by Crippen LogP contribution is 2.32. The third-order valence-electron chi connectivity index (χ3n) is 5.62. The lowest BCUT2D eigenvalue weighted by atomic mass is 10.1. The smallest absolute Gasteiger partial charge is 0.230 e. The molecule has 7 heteroatoms. The summed E-state index contributed by atoms with van der Waals surface area (Å²) in [6.45, 7) is 5.35. The number of thioether (sulfide) groups is 1. The number of amides is 1. The number of para-hydroxylation sites is 1. The summed E-state index contributed by atoms with van der Waals surface area (Å²) >= 11 is 7.96. The van der Waals surface area contributed by atoms with Crippen LogP contribution in [0.5, 0.6) is 0 Å². The van der Waals surface area contributed by atoms with Crippen molar-refractivity contribution in [2.45, 2.75) is 31.0 Å². The predicted octanol–water partition coefficient (Wildman–Crippen LogP) is 4.89. The highest BCUT2D eigenvalue weighted by molar-refractivity contribution is 7.99. The highest BCUT2D eigenvalue weighted by Gasteiger charge is 2.21. The number of nitrogens with one attached hydrogen (secondary N) is 1. The van der Waals surface area contributed by atoms with E-state index in [1.165, 1.54) is 11.8 Å². The molecular formula is C24H27ClN4OS. The van der Waals surface area contributed by atoms with E-state index in [1.54, 1.807) is 0 Å². The minimum absolute atomic E-state index is 0.0509. The second-order valence-electron chi connectivity index (χ2n) is 7.64. The standard InChI is InChI=1S/C24H27ClN4OS/c1-2-28-14-12-19(13-15-28)27-23(30)17-31-24-26-16-22(18-8-4-3-5-9-18)29(24)21-11-7-6-10-20(21)25/h3-11,16,19H,2,12-15,17H2,1H3,(H,27,30). The summed E-state index contributed by atoms with van der Waals surface area (Å²) in [4.78, 5) is 19.7. The number of rotatable bonds is 7. The molecule has 2 aromatic carbocycles. The van der Waals surface area contributed by atoms with Gasteiger partial charge in [0.1, 0.15) is 0 Å². The van der Waals surface area contributed by atoms with Crippen molar-refractivity contribution in [3.8, 4) is 16.9 Å². The van der Waals surface area contributed by atoms with Crippen LogP contribution in [0.25, 0.3) is 16.9 Å². The highest BCUT2D eigenvalue weighted by atomic mass is 35.5. The Morgan fingerprint density at radius 1 is 1.13 bits per heavy atom. The molecule has 5 nitrogen and oxygen atoms in total. The Morgan fingerprint density at radius 3 is 2.55 bits per heavy atom. The Labute approximate surface area is 192 Å². The first-order valence-corrected chi connectivity index (χ1v) is 12.0. The monoisotopic (exact) mass is 454 g/mol. The molecule has 0 bridgehead atoms. The number of carbonyl (C=O) groups is 1. The number of aromatic nitrogens is 2. The van der Waals surface area contributed by atoms with Gasteiger partial charge in [0.25, 0.3) is 0 Å². The zero-order valence-electron chi connectivity index (χ0n) is 17.6. The normalized spacial score (nSPS) is 15.2. The summed E-state index contributed by atoms with van der Waals surface area (Å²) in [5.41, 5.74) is 2.85. The quantitative estimate of drug-likeness (QED) is 0.516. The first-order chi connectivity index (χ1) is 15.2. The van der Waals surface area contributed by atoms with E-state index in [0.29, 0.717) is 10.8 Å². The average molecular weight is 455 g/mol. The Kier molecular flexibility index (Phi) is 7.33. The van der Waals surface area contributed by atoms with Gasteiger partial charge in [-0.25, -0.2) is 4.98 Å². The van der Waals surface area contributed by atoms with Crippen molar-refractivity contribution in [2.24, 2.45) is 0 Å². The molecule has 0 saturated carbocycles. The molecule has 0 unspecified atom stereocenters. The van der Waals surface area contributed by atoms with E-state index in [4.69, 9.17) is 11.6 Å². The molecule has 0 spiro atoms.